The second-order valence-corrected chi connectivity index (χ2v) is 19.1. The van der Waals surface area contributed by atoms with Gasteiger partial charge in [-0.3, -0.25) is 9.36 Å². The molecule has 0 aliphatic carbocycles. The zero-order valence-electron chi connectivity index (χ0n) is 38.3. The van der Waals surface area contributed by atoms with Crippen LogP contribution in [-0.4, -0.2) is 13.7 Å². The summed E-state index contributed by atoms with van der Waals surface area (Å²) >= 11 is 0. The number of hydrogen-bond donors (Lipinski definition) is 0. The number of hydrogen-bond acceptors (Lipinski definition) is 1. The Labute approximate surface area is 405 Å². The summed E-state index contributed by atoms with van der Waals surface area (Å²) in [6, 6.07) is 85.3. The van der Waals surface area contributed by atoms with E-state index < -0.39 is 0 Å². The van der Waals surface area contributed by atoms with Gasteiger partial charge in [0.2, 0.25) is 0 Å². The predicted octanol–water partition coefficient (Wildman–Crippen LogP) is 17.3. The third kappa shape index (κ3) is 5.25. The number of aromatic nitrogens is 3. The molecule has 0 N–H and O–H groups in total. The molecule has 4 heteroatoms. The van der Waals surface area contributed by atoms with Gasteiger partial charge in [0, 0.05) is 44.0 Å². The summed E-state index contributed by atoms with van der Waals surface area (Å²) in [6.07, 6.45) is 0. The van der Waals surface area contributed by atoms with Crippen molar-refractivity contribution in [3.63, 3.8) is 0 Å². The summed E-state index contributed by atoms with van der Waals surface area (Å²) in [4.78, 5) is 15.7. The topological polar surface area (TPSA) is 31.9 Å². The Morgan fingerprint density at radius 1 is 0.183 bits per heavy atom. The van der Waals surface area contributed by atoms with E-state index in [1.165, 1.54) is 64.6 Å². The van der Waals surface area contributed by atoms with Crippen molar-refractivity contribution in [1.82, 2.24) is 13.7 Å². The van der Waals surface area contributed by atoms with E-state index >= 15 is 4.79 Å². The summed E-state index contributed by atoms with van der Waals surface area (Å²) in [7, 11) is 0. The summed E-state index contributed by atoms with van der Waals surface area (Å²) in [5.41, 5.74) is 8.00. The number of benzene rings is 13. The molecule has 0 aliphatic heterocycles. The first-order chi connectivity index (χ1) is 35.2. The van der Waals surface area contributed by atoms with Crippen molar-refractivity contribution in [1.29, 1.82) is 0 Å². The monoisotopic (exact) mass is 901 g/mol. The highest BCUT2D eigenvalue weighted by molar-refractivity contribution is 6.28. The normalized spacial score (nSPS) is 12.3. The van der Waals surface area contributed by atoms with Crippen molar-refractivity contribution in [3.8, 4) is 17.1 Å². The standard InChI is InChI=1S/C67H39N3O/c71-67-61-38-64-58(53-26-12-14-28-62(53)68(64)41-30-32-51-47-22-6-4-18-43(47)45-20-8-10-24-49(45)55(51)34-41)36-57(61)60-37-59-54-27-13-15-29-63(54)69(65(59)39-66(60)70(67)40-16-2-1-3-17-40)42-31-33-52-48-23-7-5-19-44(48)46-21-9-11-25-50(46)56(52)35-42/h1-39H. The highest BCUT2D eigenvalue weighted by Gasteiger charge is 2.22. The molecule has 3 heterocycles. The van der Waals surface area contributed by atoms with E-state index in [2.05, 4.69) is 215 Å². The molecule has 328 valence electrons. The molecule has 0 spiro atoms. The lowest BCUT2D eigenvalue weighted by Gasteiger charge is -2.16. The van der Waals surface area contributed by atoms with Crippen LogP contribution in [0.15, 0.2) is 241 Å². The van der Waals surface area contributed by atoms with Crippen LogP contribution in [0.2, 0.25) is 0 Å². The van der Waals surface area contributed by atoms with Gasteiger partial charge >= 0.3 is 0 Å². The van der Waals surface area contributed by atoms with E-state index in [-0.39, 0.29) is 5.56 Å². The number of fused-ring (bicyclic) bond motifs is 21. The molecule has 0 aliphatic rings. The van der Waals surface area contributed by atoms with Crippen molar-refractivity contribution in [2.24, 2.45) is 0 Å². The summed E-state index contributed by atoms with van der Waals surface area (Å²) in [5, 5.41) is 22.0. The van der Waals surface area contributed by atoms with Gasteiger partial charge in [0.1, 0.15) is 0 Å². The first-order valence-electron chi connectivity index (χ1n) is 24.4. The lowest BCUT2D eigenvalue weighted by atomic mass is 9.94. The Balaban J connectivity index is 1.00. The molecule has 0 atom stereocenters. The molecule has 16 aromatic rings. The highest BCUT2D eigenvalue weighted by Crippen LogP contribution is 2.43. The number of para-hydroxylation sites is 3. The van der Waals surface area contributed by atoms with Gasteiger partial charge in [0.05, 0.1) is 33.0 Å². The average Bonchev–Trinajstić information content (AvgIpc) is 3.94. The minimum absolute atomic E-state index is 0.0561. The molecule has 16 rings (SSSR count). The Hall–Kier alpha value is -9.51. The molecule has 71 heavy (non-hydrogen) atoms. The van der Waals surface area contributed by atoms with Gasteiger partial charge in [-0.1, -0.05) is 164 Å². The van der Waals surface area contributed by atoms with Crippen molar-refractivity contribution in [3.05, 3.63) is 247 Å². The van der Waals surface area contributed by atoms with Crippen LogP contribution in [0.1, 0.15) is 0 Å². The molecule has 0 radical (unpaired) electrons. The highest BCUT2D eigenvalue weighted by atomic mass is 16.1. The van der Waals surface area contributed by atoms with Crippen molar-refractivity contribution < 1.29 is 0 Å². The van der Waals surface area contributed by atoms with E-state index in [1.807, 2.05) is 34.9 Å². The van der Waals surface area contributed by atoms with Crippen LogP contribution < -0.4 is 5.56 Å². The van der Waals surface area contributed by atoms with Crippen molar-refractivity contribution in [2.75, 3.05) is 0 Å². The zero-order valence-corrected chi connectivity index (χ0v) is 38.3. The molecule has 0 bridgehead atoms. The minimum Gasteiger partial charge on any atom is -0.309 e. The van der Waals surface area contributed by atoms with Crippen molar-refractivity contribution >= 4 is 130 Å². The van der Waals surface area contributed by atoms with Crippen LogP contribution >= 0.6 is 0 Å². The Bertz CT molecular complexity index is 5000. The fraction of sp³-hybridized carbons (Fsp3) is 0. The fourth-order valence-electron chi connectivity index (χ4n) is 12.5. The van der Waals surface area contributed by atoms with Gasteiger partial charge < -0.3 is 9.13 Å². The molecular weight excluding hydrogens is 863 g/mol. The molecule has 0 saturated carbocycles. The third-order valence-corrected chi connectivity index (χ3v) is 15.6. The molecule has 0 amide bonds. The molecule has 0 saturated heterocycles. The summed E-state index contributed by atoms with van der Waals surface area (Å²) < 4.78 is 6.69. The van der Waals surface area contributed by atoms with E-state index in [0.717, 1.165) is 77.0 Å². The first-order valence-corrected chi connectivity index (χ1v) is 24.4. The predicted molar refractivity (Wildman–Crippen MR) is 301 cm³/mol. The Kier molecular flexibility index (Phi) is 7.73. The molecule has 4 nitrogen and oxygen atoms in total. The molecule has 3 aromatic heterocycles. The number of nitrogens with zero attached hydrogens (tertiary/aromatic N) is 3. The van der Waals surface area contributed by atoms with E-state index in [0.29, 0.717) is 5.39 Å². The second kappa shape index (κ2) is 14.3. The van der Waals surface area contributed by atoms with E-state index in [9.17, 15) is 0 Å². The van der Waals surface area contributed by atoms with Gasteiger partial charge in [0.15, 0.2) is 0 Å². The quantitative estimate of drug-likeness (QED) is 0.163. The SMILES string of the molecule is O=c1c2cc3c(cc2c2cc4c5ccccc5n(-c5ccc6c7ccccc7c7ccccc7c6c5)c4cc2n1-c1ccccc1)c1ccccc1n3-c1ccc2c3ccccc3c3ccccc3c2c1. The number of rotatable bonds is 3. The zero-order chi connectivity index (χ0) is 46.5. The first kappa shape index (κ1) is 38.5. The lowest BCUT2D eigenvalue weighted by molar-refractivity contribution is 1.06. The smallest absolute Gasteiger partial charge is 0.263 e. The molecule has 0 unspecified atom stereocenters. The van der Waals surface area contributed by atoms with E-state index in [1.54, 1.807) is 0 Å². The lowest BCUT2D eigenvalue weighted by Crippen LogP contribution is -2.19. The maximum atomic E-state index is 15.7. The van der Waals surface area contributed by atoms with Crippen LogP contribution in [0.3, 0.4) is 0 Å². The minimum atomic E-state index is -0.0561. The van der Waals surface area contributed by atoms with Gasteiger partial charge in [-0.25, -0.2) is 0 Å². The summed E-state index contributed by atoms with van der Waals surface area (Å²) in [6.45, 7) is 0. The third-order valence-electron chi connectivity index (χ3n) is 15.6. The summed E-state index contributed by atoms with van der Waals surface area (Å²) in [5.74, 6) is 0. The van der Waals surface area contributed by atoms with Gasteiger partial charge in [-0.2, -0.15) is 0 Å². The number of pyridine rings is 1. The molecular formula is C67H39N3O. The molecule has 0 fully saturated rings. The van der Waals surface area contributed by atoms with Gasteiger partial charge in [-0.05, 0) is 143 Å². The van der Waals surface area contributed by atoms with Gasteiger partial charge in [-0.15, -0.1) is 0 Å². The Morgan fingerprint density at radius 2 is 0.507 bits per heavy atom. The van der Waals surface area contributed by atoms with Crippen LogP contribution in [-0.2, 0) is 0 Å². The largest absolute Gasteiger partial charge is 0.309 e. The Morgan fingerprint density at radius 3 is 0.972 bits per heavy atom. The van der Waals surface area contributed by atoms with Crippen LogP contribution in [0.5, 0.6) is 0 Å². The van der Waals surface area contributed by atoms with Crippen molar-refractivity contribution in [2.45, 2.75) is 0 Å². The average molecular weight is 902 g/mol. The van der Waals surface area contributed by atoms with E-state index in [4.69, 9.17) is 0 Å². The van der Waals surface area contributed by atoms with Crippen LogP contribution in [0.25, 0.3) is 147 Å². The maximum absolute atomic E-state index is 15.7. The maximum Gasteiger partial charge on any atom is 0.263 e. The molecule has 13 aromatic carbocycles. The second-order valence-electron chi connectivity index (χ2n) is 19.1. The van der Waals surface area contributed by atoms with Gasteiger partial charge in [0.25, 0.3) is 5.56 Å². The van der Waals surface area contributed by atoms with Crippen LogP contribution in [0.4, 0.5) is 0 Å². The van der Waals surface area contributed by atoms with Crippen LogP contribution in [0, 0.1) is 0 Å². The fourth-order valence-corrected chi connectivity index (χ4v) is 12.5.